The molecular formula is C23H17IN2O3. The summed E-state index contributed by atoms with van der Waals surface area (Å²) in [6.07, 6.45) is 1.57. The van der Waals surface area contributed by atoms with Crippen LogP contribution in [-0.4, -0.2) is 11.8 Å². The van der Waals surface area contributed by atoms with E-state index in [2.05, 4.69) is 28.0 Å². The second-order valence-electron chi connectivity index (χ2n) is 6.43. The third-order valence-electron chi connectivity index (χ3n) is 4.43. The molecule has 0 bridgehead atoms. The van der Waals surface area contributed by atoms with Gasteiger partial charge in [-0.1, -0.05) is 48.5 Å². The first-order valence-corrected chi connectivity index (χ1v) is 10.1. The van der Waals surface area contributed by atoms with E-state index in [1.54, 1.807) is 18.2 Å². The van der Waals surface area contributed by atoms with Gasteiger partial charge in [-0.05, 0) is 64.6 Å². The van der Waals surface area contributed by atoms with E-state index in [1.165, 1.54) is 5.01 Å². The van der Waals surface area contributed by atoms with E-state index in [4.69, 9.17) is 4.74 Å². The lowest BCUT2D eigenvalue weighted by atomic mass is 10.1. The zero-order valence-corrected chi connectivity index (χ0v) is 17.5. The molecule has 6 heteroatoms. The molecule has 1 N–H and O–H groups in total. The molecule has 1 aliphatic heterocycles. The maximum Gasteiger partial charge on any atom is 0.282 e. The van der Waals surface area contributed by atoms with Gasteiger partial charge >= 0.3 is 0 Å². The van der Waals surface area contributed by atoms with Crippen LogP contribution in [0.3, 0.4) is 0 Å². The van der Waals surface area contributed by atoms with Crippen molar-refractivity contribution in [2.75, 3.05) is 5.01 Å². The van der Waals surface area contributed by atoms with Gasteiger partial charge in [0.15, 0.2) is 0 Å². The highest BCUT2D eigenvalue weighted by molar-refractivity contribution is 14.1. The number of halogens is 1. The Balaban J connectivity index is 1.58. The number of nitrogens with zero attached hydrogens (tertiary/aromatic N) is 1. The first-order valence-electron chi connectivity index (χ1n) is 9.00. The quantitative estimate of drug-likeness (QED) is 0.325. The number of benzene rings is 3. The molecule has 4 rings (SSSR count). The number of para-hydroxylation sites is 1. The molecule has 0 spiro atoms. The summed E-state index contributed by atoms with van der Waals surface area (Å²) in [5.74, 6) is -0.224. The fourth-order valence-corrected chi connectivity index (χ4v) is 3.31. The lowest BCUT2D eigenvalue weighted by Crippen LogP contribution is -2.35. The smallest absolute Gasteiger partial charge is 0.282 e. The van der Waals surface area contributed by atoms with Crippen LogP contribution in [0.5, 0.6) is 5.75 Å². The minimum absolute atomic E-state index is 0.0688. The number of anilines is 1. The minimum atomic E-state index is -0.439. The molecule has 0 unspecified atom stereocenters. The summed E-state index contributed by atoms with van der Waals surface area (Å²) in [5.41, 5.74) is 5.01. The number of hydrazine groups is 1. The van der Waals surface area contributed by atoms with E-state index in [-0.39, 0.29) is 5.57 Å². The third-order valence-corrected chi connectivity index (χ3v) is 5.15. The summed E-state index contributed by atoms with van der Waals surface area (Å²) in [7, 11) is 0. The van der Waals surface area contributed by atoms with E-state index < -0.39 is 11.8 Å². The van der Waals surface area contributed by atoms with E-state index in [9.17, 15) is 9.59 Å². The average Bonchev–Trinajstić information content (AvgIpc) is 3.03. The molecule has 0 aromatic heterocycles. The molecule has 1 aliphatic rings. The van der Waals surface area contributed by atoms with Gasteiger partial charge in [0.1, 0.15) is 17.9 Å². The SMILES string of the molecule is O=C1NN(c2ccc(I)cc2)C(=O)C1=Cc1ccccc1OCc1ccccc1. The predicted octanol–water partition coefficient (Wildman–Crippen LogP) is 4.33. The Morgan fingerprint density at radius 2 is 1.59 bits per heavy atom. The van der Waals surface area contributed by atoms with Gasteiger partial charge in [0, 0.05) is 9.13 Å². The molecule has 0 saturated carbocycles. The molecular weight excluding hydrogens is 479 g/mol. The van der Waals surface area contributed by atoms with Crippen molar-refractivity contribution >= 4 is 46.2 Å². The standard InChI is InChI=1S/C23H17IN2O3/c24-18-10-12-19(13-11-18)26-23(28)20(22(27)25-26)14-17-8-4-5-9-21(17)29-15-16-6-2-1-3-7-16/h1-14H,15H2,(H,25,27). The third kappa shape index (κ3) is 4.32. The maximum atomic E-state index is 12.8. The molecule has 29 heavy (non-hydrogen) atoms. The number of hydrogen-bond acceptors (Lipinski definition) is 3. The number of nitrogens with one attached hydrogen (secondary N) is 1. The first kappa shape index (κ1) is 19.2. The van der Waals surface area contributed by atoms with Gasteiger partial charge < -0.3 is 4.74 Å². The Morgan fingerprint density at radius 1 is 0.897 bits per heavy atom. The summed E-state index contributed by atoms with van der Waals surface area (Å²) in [4.78, 5) is 25.3. The van der Waals surface area contributed by atoms with E-state index in [0.717, 1.165) is 9.13 Å². The number of hydrogen-bond donors (Lipinski definition) is 1. The van der Waals surface area contributed by atoms with Crippen molar-refractivity contribution in [1.29, 1.82) is 0 Å². The molecule has 0 radical (unpaired) electrons. The van der Waals surface area contributed by atoms with E-state index in [1.807, 2.05) is 66.7 Å². The number of amides is 2. The first-order chi connectivity index (χ1) is 14.1. The normalized spacial score (nSPS) is 14.9. The molecule has 0 atom stereocenters. The topological polar surface area (TPSA) is 58.6 Å². The van der Waals surface area contributed by atoms with Gasteiger partial charge in [-0.2, -0.15) is 0 Å². The summed E-state index contributed by atoms with van der Waals surface area (Å²) in [5, 5.41) is 1.26. The molecule has 3 aromatic carbocycles. The van der Waals surface area contributed by atoms with E-state index in [0.29, 0.717) is 23.6 Å². The molecule has 1 fully saturated rings. The minimum Gasteiger partial charge on any atom is -0.488 e. The fourth-order valence-electron chi connectivity index (χ4n) is 2.95. The van der Waals surface area contributed by atoms with Gasteiger partial charge in [0.05, 0.1) is 5.69 Å². The van der Waals surface area contributed by atoms with Crippen LogP contribution in [0.2, 0.25) is 0 Å². The molecule has 1 heterocycles. The van der Waals surface area contributed by atoms with Crippen LogP contribution in [0.15, 0.2) is 84.4 Å². The number of rotatable bonds is 5. The molecule has 1 saturated heterocycles. The van der Waals surface area contributed by atoms with Gasteiger partial charge in [-0.25, -0.2) is 5.01 Å². The number of carbonyl (C=O) groups is 2. The fraction of sp³-hybridized carbons (Fsp3) is 0.0435. The zero-order chi connectivity index (χ0) is 20.2. The van der Waals surface area contributed by atoms with Gasteiger partial charge in [0.2, 0.25) is 0 Å². The van der Waals surface area contributed by atoms with Crippen molar-refractivity contribution in [3.05, 3.63) is 99.1 Å². The van der Waals surface area contributed by atoms with Gasteiger partial charge in [-0.3, -0.25) is 15.0 Å². The monoisotopic (exact) mass is 496 g/mol. The zero-order valence-electron chi connectivity index (χ0n) is 15.3. The molecule has 3 aromatic rings. The number of ether oxygens (including phenoxy) is 1. The van der Waals surface area contributed by atoms with Crippen LogP contribution in [0.4, 0.5) is 5.69 Å². The van der Waals surface area contributed by atoms with Crippen molar-refractivity contribution in [2.24, 2.45) is 0 Å². The lowest BCUT2D eigenvalue weighted by molar-refractivity contribution is -0.117. The summed E-state index contributed by atoms with van der Waals surface area (Å²) in [6, 6.07) is 24.5. The molecule has 0 aliphatic carbocycles. The molecule has 2 amide bonds. The van der Waals surface area contributed by atoms with Crippen LogP contribution in [0, 0.1) is 3.57 Å². The summed E-state index contributed by atoms with van der Waals surface area (Å²) >= 11 is 2.19. The Kier molecular flexibility index (Phi) is 5.62. The Hall–Kier alpha value is -3.13. The maximum absolute atomic E-state index is 12.8. The Labute approximate surface area is 182 Å². The van der Waals surface area contributed by atoms with Crippen LogP contribution in [0.1, 0.15) is 11.1 Å². The van der Waals surface area contributed by atoms with Crippen LogP contribution >= 0.6 is 22.6 Å². The van der Waals surface area contributed by atoms with Crippen molar-refractivity contribution < 1.29 is 14.3 Å². The highest BCUT2D eigenvalue weighted by Gasteiger charge is 2.34. The van der Waals surface area contributed by atoms with Crippen molar-refractivity contribution in [1.82, 2.24) is 5.43 Å². The van der Waals surface area contributed by atoms with Crippen molar-refractivity contribution in [3.63, 3.8) is 0 Å². The molecule has 144 valence electrons. The van der Waals surface area contributed by atoms with Crippen molar-refractivity contribution in [2.45, 2.75) is 6.61 Å². The highest BCUT2D eigenvalue weighted by Crippen LogP contribution is 2.26. The highest BCUT2D eigenvalue weighted by atomic mass is 127. The largest absolute Gasteiger partial charge is 0.488 e. The van der Waals surface area contributed by atoms with Gasteiger partial charge in [-0.15, -0.1) is 0 Å². The van der Waals surface area contributed by atoms with Crippen LogP contribution in [-0.2, 0) is 16.2 Å². The van der Waals surface area contributed by atoms with E-state index >= 15 is 0 Å². The summed E-state index contributed by atoms with van der Waals surface area (Å²) < 4.78 is 6.97. The van der Waals surface area contributed by atoms with Gasteiger partial charge in [0.25, 0.3) is 11.8 Å². The summed E-state index contributed by atoms with van der Waals surface area (Å²) in [6.45, 7) is 0.399. The Bertz CT molecular complexity index is 1080. The van der Waals surface area contributed by atoms with Crippen LogP contribution in [0.25, 0.3) is 6.08 Å². The molecule has 5 nitrogen and oxygen atoms in total. The second-order valence-corrected chi connectivity index (χ2v) is 7.67. The lowest BCUT2D eigenvalue weighted by Gasteiger charge is -2.14. The van der Waals surface area contributed by atoms with Crippen molar-refractivity contribution in [3.8, 4) is 5.75 Å². The second kappa shape index (κ2) is 8.48. The predicted molar refractivity (Wildman–Crippen MR) is 120 cm³/mol. The average molecular weight is 496 g/mol. The van der Waals surface area contributed by atoms with Crippen LogP contribution < -0.4 is 15.2 Å². The Morgan fingerprint density at radius 3 is 2.34 bits per heavy atom. The number of carbonyl (C=O) groups excluding carboxylic acids is 2.